The van der Waals surface area contributed by atoms with Crippen LogP contribution >= 0.6 is 27.3 Å². The van der Waals surface area contributed by atoms with Gasteiger partial charge in [0.05, 0.1) is 15.8 Å². The van der Waals surface area contributed by atoms with Gasteiger partial charge in [0.25, 0.3) is 0 Å². The molecule has 0 aliphatic carbocycles. The second-order valence-corrected chi connectivity index (χ2v) is 6.07. The van der Waals surface area contributed by atoms with Crippen molar-refractivity contribution in [1.29, 1.82) is 0 Å². The van der Waals surface area contributed by atoms with Crippen LogP contribution in [0.5, 0.6) is 0 Å². The third-order valence-corrected chi connectivity index (χ3v) is 4.09. The number of rotatable bonds is 4. The Balaban J connectivity index is 2.07. The lowest BCUT2D eigenvalue weighted by Crippen LogP contribution is -2.18. The molecular formula is C13H14BrFN2S. The molecule has 2 rings (SSSR count). The van der Waals surface area contributed by atoms with Crippen LogP contribution in [0.3, 0.4) is 0 Å². The molecule has 0 fully saturated rings. The highest BCUT2D eigenvalue weighted by Crippen LogP contribution is 2.27. The van der Waals surface area contributed by atoms with E-state index in [0.29, 0.717) is 10.2 Å². The third kappa shape index (κ3) is 3.23. The number of hydrogen-bond acceptors (Lipinski definition) is 3. The molecule has 0 bridgehead atoms. The van der Waals surface area contributed by atoms with Crippen molar-refractivity contribution in [2.75, 3.05) is 11.1 Å². The van der Waals surface area contributed by atoms with E-state index in [1.165, 1.54) is 10.9 Å². The Bertz CT molecular complexity index is 528. The quantitative estimate of drug-likeness (QED) is 0.822. The maximum absolute atomic E-state index is 13.2. The second kappa shape index (κ2) is 5.71. The summed E-state index contributed by atoms with van der Waals surface area (Å²) in [6, 6.07) is 7.38. The first kappa shape index (κ1) is 13.4. The monoisotopic (exact) mass is 328 g/mol. The summed E-state index contributed by atoms with van der Waals surface area (Å²) in [7, 11) is 0. The zero-order valence-electron chi connectivity index (χ0n) is 9.91. The average molecular weight is 329 g/mol. The van der Waals surface area contributed by atoms with Crippen molar-refractivity contribution in [2.24, 2.45) is 0 Å². The van der Waals surface area contributed by atoms with Gasteiger partial charge in [-0.25, -0.2) is 4.39 Å². The van der Waals surface area contributed by atoms with Gasteiger partial charge in [-0.3, -0.25) is 0 Å². The molecule has 0 aliphatic rings. The Morgan fingerprint density at radius 3 is 2.94 bits per heavy atom. The van der Waals surface area contributed by atoms with Gasteiger partial charge in [-0.1, -0.05) is 6.07 Å². The summed E-state index contributed by atoms with van der Waals surface area (Å²) in [5, 5.41) is 5.36. The van der Waals surface area contributed by atoms with E-state index in [0.717, 1.165) is 12.1 Å². The van der Waals surface area contributed by atoms with Gasteiger partial charge in [-0.05, 0) is 40.4 Å². The van der Waals surface area contributed by atoms with Crippen LogP contribution in [0.1, 0.15) is 11.8 Å². The van der Waals surface area contributed by atoms with Crippen molar-refractivity contribution >= 4 is 38.6 Å². The fourth-order valence-electron chi connectivity index (χ4n) is 1.73. The molecular weight excluding hydrogens is 315 g/mol. The number of nitrogen functional groups attached to an aromatic ring is 1. The molecule has 0 amide bonds. The molecule has 2 nitrogen and oxygen atoms in total. The van der Waals surface area contributed by atoms with Gasteiger partial charge in [0.2, 0.25) is 0 Å². The molecule has 1 unspecified atom stereocenters. The summed E-state index contributed by atoms with van der Waals surface area (Å²) in [6.07, 6.45) is 0.923. The predicted octanol–water partition coefficient (Wildman–Crippen LogP) is 4.28. The molecule has 0 spiro atoms. The van der Waals surface area contributed by atoms with Crippen LogP contribution in [-0.4, -0.2) is 6.04 Å². The van der Waals surface area contributed by atoms with Crippen molar-refractivity contribution in [2.45, 2.75) is 19.4 Å². The first-order valence-electron chi connectivity index (χ1n) is 5.59. The number of nitrogens with two attached hydrogens (primary N) is 1. The first-order chi connectivity index (χ1) is 8.56. The molecule has 96 valence electrons. The van der Waals surface area contributed by atoms with Crippen molar-refractivity contribution in [1.82, 2.24) is 0 Å². The number of benzene rings is 1. The molecule has 1 heterocycles. The summed E-state index contributed by atoms with van der Waals surface area (Å²) in [5.41, 5.74) is 6.97. The number of anilines is 2. The highest BCUT2D eigenvalue weighted by molar-refractivity contribution is 9.10. The van der Waals surface area contributed by atoms with Crippen LogP contribution in [0.15, 0.2) is 34.1 Å². The van der Waals surface area contributed by atoms with Crippen LogP contribution < -0.4 is 11.1 Å². The Hall–Kier alpha value is -1.07. The Labute approximate surface area is 118 Å². The lowest BCUT2D eigenvalue weighted by molar-refractivity contribution is 0.622. The van der Waals surface area contributed by atoms with Gasteiger partial charge in [0, 0.05) is 23.4 Å². The SMILES string of the molecule is CC(Cc1cccs1)Nc1cc(Br)c(F)cc1N. The summed E-state index contributed by atoms with van der Waals surface area (Å²) in [5.74, 6) is -0.344. The fourth-order valence-corrected chi connectivity index (χ4v) is 2.91. The number of nitrogens with one attached hydrogen (secondary N) is 1. The molecule has 2 aromatic rings. The minimum atomic E-state index is -0.344. The zero-order chi connectivity index (χ0) is 13.1. The number of thiophene rings is 1. The van der Waals surface area contributed by atoms with Crippen LogP contribution in [-0.2, 0) is 6.42 Å². The fraction of sp³-hybridized carbons (Fsp3) is 0.231. The van der Waals surface area contributed by atoms with Crippen molar-refractivity contribution < 1.29 is 4.39 Å². The Kier molecular flexibility index (Phi) is 4.24. The van der Waals surface area contributed by atoms with E-state index in [1.54, 1.807) is 17.4 Å². The number of halogens is 2. The minimum Gasteiger partial charge on any atom is -0.397 e. The lowest BCUT2D eigenvalue weighted by Gasteiger charge is -2.16. The molecule has 0 aliphatic heterocycles. The van der Waals surface area contributed by atoms with E-state index >= 15 is 0 Å². The first-order valence-corrected chi connectivity index (χ1v) is 7.27. The molecule has 0 radical (unpaired) electrons. The zero-order valence-corrected chi connectivity index (χ0v) is 12.3. The molecule has 0 saturated heterocycles. The normalized spacial score (nSPS) is 12.4. The maximum Gasteiger partial charge on any atom is 0.139 e. The molecule has 5 heteroatoms. The number of hydrogen-bond donors (Lipinski definition) is 2. The van der Waals surface area contributed by atoms with E-state index in [2.05, 4.69) is 39.6 Å². The molecule has 3 N–H and O–H groups in total. The highest BCUT2D eigenvalue weighted by atomic mass is 79.9. The van der Waals surface area contributed by atoms with Crippen LogP contribution in [0, 0.1) is 5.82 Å². The van der Waals surface area contributed by atoms with Crippen LogP contribution in [0.4, 0.5) is 15.8 Å². The van der Waals surface area contributed by atoms with E-state index in [1.807, 2.05) is 6.07 Å². The molecule has 0 saturated carbocycles. The Morgan fingerprint density at radius 2 is 2.28 bits per heavy atom. The largest absolute Gasteiger partial charge is 0.397 e. The molecule has 1 atom stereocenters. The average Bonchev–Trinajstić information content (AvgIpc) is 2.78. The van der Waals surface area contributed by atoms with E-state index < -0.39 is 0 Å². The standard InChI is InChI=1S/C13H14BrFN2S/c1-8(5-9-3-2-4-18-9)17-13-6-10(14)11(15)7-12(13)16/h2-4,6-8,17H,5,16H2,1H3. The van der Waals surface area contributed by atoms with Gasteiger partial charge in [-0.15, -0.1) is 11.3 Å². The molecule has 18 heavy (non-hydrogen) atoms. The van der Waals surface area contributed by atoms with Gasteiger partial charge in [-0.2, -0.15) is 0 Å². The predicted molar refractivity (Wildman–Crippen MR) is 79.6 cm³/mol. The van der Waals surface area contributed by atoms with Gasteiger partial charge in [0.1, 0.15) is 5.82 Å². The van der Waals surface area contributed by atoms with E-state index in [9.17, 15) is 4.39 Å². The molecule has 1 aromatic carbocycles. The summed E-state index contributed by atoms with van der Waals surface area (Å²) < 4.78 is 13.7. The second-order valence-electron chi connectivity index (χ2n) is 4.18. The van der Waals surface area contributed by atoms with Gasteiger partial charge >= 0.3 is 0 Å². The van der Waals surface area contributed by atoms with E-state index in [-0.39, 0.29) is 11.9 Å². The topological polar surface area (TPSA) is 38.0 Å². The maximum atomic E-state index is 13.2. The third-order valence-electron chi connectivity index (χ3n) is 2.58. The summed E-state index contributed by atoms with van der Waals surface area (Å²) in [4.78, 5) is 1.31. The van der Waals surface area contributed by atoms with Crippen LogP contribution in [0.25, 0.3) is 0 Å². The van der Waals surface area contributed by atoms with Gasteiger partial charge in [0.15, 0.2) is 0 Å². The molecule has 1 aromatic heterocycles. The highest BCUT2D eigenvalue weighted by Gasteiger charge is 2.09. The van der Waals surface area contributed by atoms with Crippen molar-refractivity contribution in [3.8, 4) is 0 Å². The minimum absolute atomic E-state index is 0.239. The smallest absolute Gasteiger partial charge is 0.139 e. The lowest BCUT2D eigenvalue weighted by atomic mass is 10.2. The van der Waals surface area contributed by atoms with Crippen molar-refractivity contribution in [3.63, 3.8) is 0 Å². The van der Waals surface area contributed by atoms with Crippen LogP contribution in [0.2, 0.25) is 0 Å². The van der Waals surface area contributed by atoms with Crippen molar-refractivity contribution in [3.05, 3.63) is 44.8 Å². The summed E-state index contributed by atoms with van der Waals surface area (Å²) in [6.45, 7) is 2.08. The summed E-state index contributed by atoms with van der Waals surface area (Å²) >= 11 is 4.89. The van der Waals surface area contributed by atoms with Gasteiger partial charge < -0.3 is 11.1 Å². The Morgan fingerprint density at radius 1 is 1.50 bits per heavy atom. The van der Waals surface area contributed by atoms with E-state index in [4.69, 9.17) is 5.73 Å².